The average Bonchev–Trinajstić information content (AvgIpc) is 2.71. The highest BCUT2D eigenvalue weighted by molar-refractivity contribution is 7.98. The highest BCUT2D eigenvalue weighted by Crippen LogP contribution is 2.21. The molecule has 0 saturated heterocycles. The summed E-state index contributed by atoms with van der Waals surface area (Å²) in [6.07, 6.45) is 1.64. The van der Waals surface area contributed by atoms with Crippen molar-refractivity contribution in [3.8, 4) is 0 Å². The zero-order valence-electron chi connectivity index (χ0n) is 9.43. The molecule has 90 valence electrons. The first-order chi connectivity index (χ1) is 8.19. The van der Waals surface area contributed by atoms with Gasteiger partial charge in [0.1, 0.15) is 12.1 Å². The van der Waals surface area contributed by atoms with E-state index in [1.807, 2.05) is 17.7 Å². The quantitative estimate of drug-likeness (QED) is 0.842. The van der Waals surface area contributed by atoms with E-state index in [2.05, 4.69) is 10.2 Å². The maximum atomic E-state index is 13.3. The molecule has 0 unspecified atom stereocenters. The molecule has 1 heterocycles. The summed E-state index contributed by atoms with van der Waals surface area (Å²) in [5.74, 6) is 0.401. The second-order valence-corrected chi connectivity index (χ2v) is 4.63. The van der Waals surface area contributed by atoms with Crippen molar-refractivity contribution in [3.63, 3.8) is 0 Å². The van der Waals surface area contributed by atoms with E-state index in [-0.39, 0.29) is 5.82 Å². The molecule has 6 heteroatoms. The first kappa shape index (κ1) is 12.1. The van der Waals surface area contributed by atoms with Crippen molar-refractivity contribution in [2.24, 2.45) is 12.8 Å². The van der Waals surface area contributed by atoms with Gasteiger partial charge in [-0.15, -0.1) is 10.2 Å². The fourth-order valence-corrected chi connectivity index (χ4v) is 2.29. The third kappa shape index (κ3) is 3.04. The monoisotopic (exact) mass is 252 g/mol. The molecule has 17 heavy (non-hydrogen) atoms. The zero-order chi connectivity index (χ0) is 12.3. The standard InChI is InChI=1S/C11H13FN4S/c1-16-7-14-15-11(16)17-6-9-2-8(5-13)3-10(12)4-9/h2-4,7H,5-6,13H2,1H3. The molecule has 2 rings (SSSR count). The van der Waals surface area contributed by atoms with Crippen molar-refractivity contribution in [1.82, 2.24) is 14.8 Å². The van der Waals surface area contributed by atoms with Crippen LogP contribution in [0.5, 0.6) is 0 Å². The predicted molar refractivity (Wildman–Crippen MR) is 64.9 cm³/mol. The van der Waals surface area contributed by atoms with Gasteiger partial charge in [0, 0.05) is 19.3 Å². The van der Waals surface area contributed by atoms with Crippen molar-refractivity contribution in [3.05, 3.63) is 41.5 Å². The number of aromatic nitrogens is 3. The fraction of sp³-hybridized carbons (Fsp3) is 0.273. The molecule has 0 amide bonds. The lowest BCUT2D eigenvalue weighted by molar-refractivity contribution is 0.624. The van der Waals surface area contributed by atoms with Crippen LogP contribution in [0.3, 0.4) is 0 Å². The second-order valence-electron chi connectivity index (χ2n) is 3.68. The molecule has 0 atom stereocenters. The van der Waals surface area contributed by atoms with Gasteiger partial charge < -0.3 is 10.3 Å². The van der Waals surface area contributed by atoms with Crippen LogP contribution in [-0.4, -0.2) is 14.8 Å². The first-order valence-electron chi connectivity index (χ1n) is 5.14. The summed E-state index contributed by atoms with van der Waals surface area (Å²) >= 11 is 1.52. The number of rotatable bonds is 4. The number of thioether (sulfide) groups is 1. The van der Waals surface area contributed by atoms with Crippen LogP contribution in [0.1, 0.15) is 11.1 Å². The fourth-order valence-electron chi connectivity index (χ4n) is 1.47. The van der Waals surface area contributed by atoms with Gasteiger partial charge in [-0.05, 0) is 23.3 Å². The molecule has 0 aliphatic rings. The Labute approximate surface area is 103 Å². The summed E-state index contributed by atoms with van der Waals surface area (Å²) in [6, 6.07) is 4.88. The second kappa shape index (κ2) is 5.29. The topological polar surface area (TPSA) is 56.7 Å². The van der Waals surface area contributed by atoms with Crippen molar-refractivity contribution in [1.29, 1.82) is 0 Å². The van der Waals surface area contributed by atoms with E-state index in [0.29, 0.717) is 12.3 Å². The van der Waals surface area contributed by atoms with E-state index in [4.69, 9.17) is 5.73 Å². The maximum Gasteiger partial charge on any atom is 0.191 e. The Morgan fingerprint density at radius 1 is 1.35 bits per heavy atom. The minimum atomic E-state index is -0.249. The van der Waals surface area contributed by atoms with Gasteiger partial charge in [0.15, 0.2) is 5.16 Å². The van der Waals surface area contributed by atoms with Gasteiger partial charge >= 0.3 is 0 Å². The molecule has 0 bridgehead atoms. The van der Waals surface area contributed by atoms with Crippen molar-refractivity contribution < 1.29 is 4.39 Å². The molecule has 4 nitrogen and oxygen atoms in total. The highest BCUT2D eigenvalue weighted by atomic mass is 32.2. The number of hydrogen-bond donors (Lipinski definition) is 1. The third-order valence-electron chi connectivity index (χ3n) is 2.29. The van der Waals surface area contributed by atoms with E-state index in [1.165, 1.54) is 23.9 Å². The Balaban J connectivity index is 2.09. The number of aryl methyl sites for hydroxylation is 1. The summed E-state index contributed by atoms with van der Waals surface area (Å²) in [5.41, 5.74) is 7.21. The van der Waals surface area contributed by atoms with E-state index in [0.717, 1.165) is 16.3 Å². The molecule has 0 spiro atoms. The van der Waals surface area contributed by atoms with Crippen LogP contribution in [0.25, 0.3) is 0 Å². The van der Waals surface area contributed by atoms with Crippen molar-refractivity contribution >= 4 is 11.8 Å². The Kier molecular flexibility index (Phi) is 3.75. The SMILES string of the molecule is Cn1cnnc1SCc1cc(F)cc(CN)c1. The Hall–Kier alpha value is -1.40. The molecule has 0 fully saturated rings. The molecule has 2 N–H and O–H groups in total. The summed E-state index contributed by atoms with van der Waals surface area (Å²) < 4.78 is 15.1. The molecular weight excluding hydrogens is 239 g/mol. The van der Waals surface area contributed by atoms with Crippen LogP contribution >= 0.6 is 11.8 Å². The van der Waals surface area contributed by atoms with Gasteiger partial charge in [-0.25, -0.2) is 4.39 Å². The van der Waals surface area contributed by atoms with Gasteiger partial charge in [0.25, 0.3) is 0 Å². The van der Waals surface area contributed by atoms with Crippen molar-refractivity contribution in [2.75, 3.05) is 0 Å². The molecule has 2 aromatic rings. The van der Waals surface area contributed by atoms with Crippen molar-refractivity contribution in [2.45, 2.75) is 17.5 Å². The number of halogens is 1. The van der Waals surface area contributed by atoms with E-state index in [9.17, 15) is 4.39 Å². The lowest BCUT2D eigenvalue weighted by Crippen LogP contribution is -1.98. The largest absolute Gasteiger partial charge is 0.326 e. The highest BCUT2D eigenvalue weighted by Gasteiger charge is 2.04. The van der Waals surface area contributed by atoms with E-state index in [1.54, 1.807) is 6.33 Å². The zero-order valence-corrected chi connectivity index (χ0v) is 10.2. The van der Waals surface area contributed by atoms with Crippen LogP contribution in [0, 0.1) is 5.82 Å². The Bertz CT molecular complexity index is 512. The molecule has 0 aliphatic carbocycles. The molecule has 0 radical (unpaired) electrons. The van der Waals surface area contributed by atoms with E-state index < -0.39 is 0 Å². The number of nitrogens with two attached hydrogens (primary N) is 1. The average molecular weight is 252 g/mol. The number of nitrogens with zero attached hydrogens (tertiary/aromatic N) is 3. The summed E-state index contributed by atoms with van der Waals surface area (Å²) in [5, 5.41) is 8.55. The van der Waals surface area contributed by atoms with Gasteiger partial charge in [0.2, 0.25) is 0 Å². The van der Waals surface area contributed by atoms with Crippen LogP contribution < -0.4 is 5.73 Å². The number of benzene rings is 1. The van der Waals surface area contributed by atoms with Crippen LogP contribution in [-0.2, 0) is 19.3 Å². The Morgan fingerprint density at radius 2 is 2.12 bits per heavy atom. The van der Waals surface area contributed by atoms with Crippen LogP contribution in [0.15, 0.2) is 29.7 Å². The molecule has 1 aromatic heterocycles. The molecule has 0 aliphatic heterocycles. The minimum Gasteiger partial charge on any atom is -0.326 e. The molecule has 1 aromatic carbocycles. The minimum absolute atomic E-state index is 0.249. The lowest BCUT2D eigenvalue weighted by Gasteiger charge is -2.04. The van der Waals surface area contributed by atoms with Crippen LogP contribution in [0.2, 0.25) is 0 Å². The van der Waals surface area contributed by atoms with Gasteiger partial charge in [0.05, 0.1) is 0 Å². The summed E-state index contributed by atoms with van der Waals surface area (Å²) in [7, 11) is 1.87. The smallest absolute Gasteiger partial charge is 0.191 e. The number of hydrogen-bond acceptors (Lipinski definition) is 4. The first-order valence-corrected chi connectivity index (χ1v) is 6.13. The molecule has 0 saturated carbocycles. The third-order valence-corrected chi connectivity index (χ3v) is 3.40. The Morgan fingerprint density at radius 3 is 2.76 bits per heavy atom. The molecular formula is C11H13FN4S. The summed E-state index contributed by atoms with van der Waals surface area (Å²) in [6.45, 7) is 0.347. The van der Waals surface area contributed by atoms with Gasteiger partial charge in [-0.2, -0.15) is 0 Å². The lowest BCUT2D eigenvalue weighted by atomic mass is 10.1. The maximum absolute atomic E-state index is 13.3. The van der Waals surface area contributed by atoms with Gasteiger partial charge in [-0.3, -0.25) is 0 Å². The van der Waals surface area contributed by atoms with E-state index >= 15 is 0 Å². The predicted octanol–water partition coefficient (Wildman–Crippen LogP) is 1.71. The van der Waals surface area contributed by atoms with Crippen LogP contribution in [0.4, 0.5) is 4.39 Å². The van der Waals surface area contributed by atoms with Gasteiger partial charge in [-0.1, -0.05) is 17.8 Å². The normalized spacial score (nSPS) is 10.8. The summed E-state index contributed by atoms with van der Waals surface area (Å²) in [4.78, 5) is 0.